The molecule has 4 aromatic rings. The molecule has 0 aliphatic heterocycles. The maximum Gasteiger partial charge on any atom is 0.214 e. The second-order valence-electron chi connectivity index (χ2n) is 7.19. The van der Waals surface area contributed by atoms with Crippen molar-refractivity contribution in [2.75, 3.05) is 16.8 Å². The minimum atomic E-state index is 0.428. The van der Waals surface area contributed by atoms with Crippen molar-refractivity contribution in [1.82, 2.24) is 9.97 Å². The van der Waals surface area contributed by atoms with Crippen LogP contribution in [-0.4, -0.2) is 22.9 Å². The number of carbonyl (C=O) groups is 1. The molecule has 5 heteroatoms. The van der Waals surface area contributed by atoms with E-state index in [2.05, 4.69) is 22.4 Å². The fourth-order valence-electron chi connectivity index (χ4n) is 3.42. The van der Waals surface area contributed by atoms with Crippen molar-refractivity contribution in [3.63, 3.8) is 0 Å². The summed E-state index contributed by atoms with van der Waals surface area (Å²) in [5.41, 5.74) is 4.84. The van der Waals surface area contributed by atoms with Crippen LogP contribution < -0.4 is 10.2 Å². The molecule has 0 bridgehead atoms. The molecule has 0 saturated carbocycles. The lowest BCUT2D eigenvalue weighted by atomic mass is 10.1. The average Bonchev–Trinajstić information content (AvgIpc) is 2.84. The standard InChI is InChI=1S/C26H24N4O/c31-20-30(19-22-10-7-16-27-18-22)25-14-13-24(23-11-5-2-6-12-23)29-26(25)28-17-15-21-8-3-1-4-9-21/h1-14,16,18,20H,15,17,19H2,(H,28,29). The number of rotatable bonds is 9. The molecule has 2 aromatic heterocycles. The van der Waals surface area contributed by atoms with Crippen molar-refractivity contribution >= 4 is 17.9 Å². The quantitative estimate of drug-likeness (QED) is 0.398. The highest BCUT2D eigenvalue weighted by molar-refractivity contribution is 5.83. The molecule has 0 spiro atoms. The topological polar surface area (TPSA) is 58.1 Å². The molecule has 31 heavy (non-hydrogen) atoms. The first-order valence-electron chi connectivity index (χ1n) is 10.3. The normalized spacial score (nSPS) is 10.5. The second-order valence-corrected chi connectivity index (χ2v) is 7.19. The Hall–Kier alpha value is -3.99. The van der Waals surface area contributed by atoms with Gasteiger partial charge in [0, 0.05) is 24.5 Å². The van der Waals surface area contributed by atoms with E-state index in [0.717, 1.165) is 35.3 Å². The molecule has 0 aliphatic carbocycles. The molecule has 5 nitrogen and oxygen atoms in total. The summed E-state index contributed by atoms with van der Waals surface area (Å²) in [4.78, 5) is 22.6. The van der Waals surface area contributed by atoms with E-state index < -0.39 is 0 Å². The molecule has 0 saturated heterocycles. The average molecular weight is 409 g/mol. The number of benzene rings is 2. The summed E-state index contributed by atoms with van der Waals surface area (Å²) in [6.45, 7) is 1.14. The molecule has 1 N–H and O–H groups in total. The van der Waals surface area contributed by atoms with Gasteiger partial charge >= 0.3 is 0 Å². The Morgan fingerprint density at radius 2 is 1.58 bits per heavy atom. The fraction of sp³-hybridized carbons (Fsp3) is 0.115. The van der Waals surface area contributed by atoms with Crippen LogP contribution >= 0.6 is 0 Å². The van der Waals surface area contributed by atoms with E-state index in [1.54, 1.807) is 17.3 Å². The van der Waals surface area contributed by atoms with Gasteiger partial charge in [-0.15, -0.1) is 0 Å². The fourth-order valence-corrected chi connectivity index (χ4v) is 3.42. The summed E-state index contributed by atoms with van der Waals surface area (Å²) < 4.78 is 0. The largest absolute Gasteiger partial charge is 0.368 e. The molecule has 0 fully saturated rings. The van der Waals surface area contributed by atoms with Gasteiger partial charge in [-0.25, -0.2) is 4.98 Å². The Bertz CT molecular complexity index is 1100. The lowest BCUT2D eigenvalue weighted by Crippen LogP contribution is -2.23. The summed E-state index contributed by atoms with van der Waals surface area (Å²) in [7, 11) is 0. The first kappa shape index (κ1) is 20.3. The first-order chi connectivity index (χ1) is 15.3. The molecule has 0 radical (unpaired) electrons. The SMILES string of the molecule is O=CN(Cc1cccnc1)c1ccc(-c2ccccc2)nc1NCCc1ccccc1. The Morgan fingerprint density at radius 1 is 0.839 bits per heavy atom. The number of anilines is 2. The molecule has 0 unspecified atom stereocenters. The van der Waals surface area contributed by atoms with Gasteiger partial charge in [0.05, 0.1) is 17.9 Å². The van der Waals surface area contributed by atoms with Crippen LogP contribution in [0, 0.1) is 0 Å². The van der Waals surface area contributed by atoms with E-state index in [9.17, 15) is 4.79 Å². The van der Waals surface area contributed by atoms with Crippen LogP contribution in [0.3, 0.4) is 0 Å². The van der Waals surface area contributed by atoms with Crippen LogP contribution in [0.2, 0.25) is 0 Å². The maximum atomic E-state index is 12.0. The minimum Gasteiger partial charge on any atom is -0.368 e. The highest BCUT2D eigenvalue weighted by Crippen LogP contribution is 2.28. The van der Waals surface area contributed by atoms with Crippen LogP contribution in [0.4, 0.5) is 11.5 Å². The predicted molar refractivity (Wildman–Crippen MR) is 125 cm³/mol. The third-order valence-corrected chi connectivity index (χ3v) is 5.00. The lowest BCUT2D eigenvalue weighted by molar-refractivity contribution is -0.107. The monoisotopic (exact) mass is 408 g/mol. The Labute approximate surface area is 182 Å². The number of hydrogen-bond donors (Lipinski definition) is 1. The number of hydrogen-bond acceptors (Lipinski definition) is 4. The van der Waals surface area contributed by atoms with Crippen LogP contribution in [0.15, 0.2) is 97.3 Å². The van der Waals surface area contributed by atoms with E-state index in [-0.39, 0.29) is 0 Å². The van der Waals surface area contributed by atoms with Crippen LogP contribution in [0.1, 0.15) is 11.1 Å². The smallest absolute Gasteiger partial charge is 0.214 e. The summed E-state index contributed by atoms with van der Waals surface area (Å²) >= 11 is 0. The number of aromatic nitrogens is 2. The summed E-state index contributed by atoms with van der Waals surface area (Å²) in [6, 6.07) is 28.1. The third kappa shape index (κ3) is 5.34. The molecule has 2 aromatic carbocycles. The van der Waals surface area contributed by atoms with E-state index in [0.29, 0.717) is 18.9 Å². The number of carbonyl (C=O) groups excluding carboxylic acids is 1. The molecule has 1 amide bonds. The van der Waals surface area contributed by atoms with Crippen molar-refractivity contribution in [2.45, 2.75) is 13.0 Å². The number of pyridine rings is 2. The van der Waals surface area contributed by atoms with Crippen molar-refractivity contribution in [1.29, 1.82) is 0 Å². The second kappa shape index (κ2) is 10.2. The minimum absolute atomic E-state index is 0.428. The molecule has 0 aliphatic rings. The van der Waals surface area contributed by atoms with E-state index in [4.69, 9.17) is 4.98 Å². The van der Waals surface area contributed by atoms with Crippen molar-refractivity contribution in [3.05, 3.63) is 108 Å². The zero-order valence-electron chi connectivity index (χ0n) is 17.2. The predicted octanol–water partition coefficient (Wildman–Crippen LogP) is 4.96. The van der Waals surface area contributed by atoms with Crippen LogP contribution in [0.25, 0.3) is 11.3 Å². The molecule has 154 valence electrons. The van der Waals surface area contributed by atoms with Gasteiger partial charge < -0.3 is 10.2 Å². The highest BCUT2D eigenvalue weighted by Gasteiger charge is 2.14. The van der Waals surface area contributed by atoms with Gasteiger partial charge in [0.1, 0.15) is 0 Å². The van der Waals surface area contributed by atoms with Gasteiger partial charge in [-0.05, 0) is 35.7 Å². The maximum absolute atomic E-state index is 12.0. The van der Waals surface area contributed by atoms with Crippen molar-refractivity contribution < 1.29 is 4.79 Å². The Balaban J connectivity index is 1.61. The Morgan fingerprint density at radius 3 is 2.29 bits per heavy atom. The van der Waals surface area contributed by atoms with Gasteiger partial charge in [-0.1, -0.05) is 66.7 Å². The van der Waals surface area contributed by atoms with Gasteiger partial charge in [0.15, 0.2) is 5.82 Å². The van der Waals surface area contributed by atoms with Crippen LogP contribution in [0.5, 0.6) is 0 Å². The molecule has 0 atom stereocenters. The van der Waals surface area contributed by atoms with Crippen LogP contribution in [-0.2, 0) is 17.8 Å². The lowest BCUT2D eigenvalue weighted by Gasteiger charge is -2.21. The Kier molecular flexibility index (Phi) is 6.65. The summed E-state index contributed by atoms with van der Waals surface area (Å²) in [5.74, 6) is 0.688. The van der Waals surface area contributed by atoms with E-state index in [1.807, 2.05) is 72.8 Å². The zero-order valence-corrected chi connectivity index (χ0v) is 17.2. The molecular weight excluding hydrogens is 384 g/mol. The van der Waals surface area contributed by atoms with E-state index >= 15 is 0 Å². The van der Waals surface area contributed by atoms with Crippen molar-refractivity contribution in [3.8, 4) is 11.3 Å². The third-order valence-electron chi connectivity index (χ3n) is 5.00. The summed E-state index contributed by atoms with van der Waals surface area (Å²) in [5, 5.41) is 3.45. The summed E-state index contributed by atoms with van der Waals surface area (Å²) in [6.07, 6.45) is 5.20. The van der Waals surface area contributed by atoms with E-state index in [1.165, 1.54) is 5.56 Å². The van der Waals surface area contributed by atoms with Gasteiger partial charge in [0.2, 0.25) is 6.41 Å². The zero-order chi connectivity index (χ0) is 21.3. The first-order valence-corrected chi connectivity index (χ1v) is 10.3. The van der Waals surface area contributed by atoms with Gasteiger partial charge in [0.25, 0.3) is 0 Å². The molecule has 4 rings (SSSR count). The van der Waals surface area contributed by atoms with Gasteiger partial charge in [-0.2, -0.15) is 0 Å². The molecule has 2 heterocycles. The number of nitrogens with zero attached hydrogens (tertiary/aromatic N) is 3. The number of amides is 1. The number of nitrogens with one attached hydrogen (secondary N) is 1. The highest BCUT2D eigenvalue weighted by atomic mass is 16.1. The molecular formula is C26H24N4O. The van der Waals surface area contributed by atoms with Crippen molar-refractivity contribution in [2.24, 2.45) is 0 Å². The van der Waals surface area contributed by atoms with Gasteiger partial charge in [-0.3, -0.25) is 9.78 Å².